The Kier molecular flexibility index (Phi) is 9.08. The van der Waals surface area contributed by atoms with Crippen LogP contribution in [0.1, 0.15) is 41.5 Å². The fourth-order valence-corrected chi connectivity index (χ4v) is 3.83. The summed E-state index contributed by atoms with van der Waals surface area (Å²) < 4.78 is 29.8. The summed E-state index contributed by atoms with van der Waals surface area (Å²) in [6.45, 7) is 23.3. The van der Waals surface area contributed by atoms with Crippen LogP contribution in [-0.2, 0) is 24.4 Å². The minimum absolute atomic E-state index is 0.158. The first-order valence-electron chi connectivity index (χ1n) is 8.69. The molecule has 0 aromatic heterocycles. The Morgan fingerprint density at radius 2 is 1.17 bits per heavy atom. The van der Waals surface area contributed by atoms with Gasteiger partial charge in [-0.3, -0.25) is 4.21 Å². The summed E-state index contributed by atoms with van der Waals surface area (Å²) in [5.74, 6) is 0.229. The Bertz CT molecular complexity index is 382. The van der Waals surface area contributed by atoms with Gasteiger partial charge in [0.2, 0.25) is 0 Å². The molecule has 0 aliphatic carbocycles. The average molecular weight is 397 g/mol. The lowest BCUT2D eigenvalue weighted by Crippen LogP contribution is -2.46. The molecule has 24 heavy (non-hydrogen) atoms. The van der Waals surface area contributed by atoms with Crippen LogP contribution in [0.5, 0.6) is 0 Å². The van der Waals surface area contributed by atoms with Crippen molar-refractivity contribution in [2.75, 3.05) is 25.4 Å². The van der Waals surface area contributed by atoms with E-state index in [9.17, 15) is 4.21 Å². The zero-order valence-corrected chi connectivity index (χ0v) is 20.6. The Morgan fingerprint density at radius 1 is 0.833 bits per heavy atom. The summed E-state index contributed by atoms with van der Waals surface area (Å²) in [7, 11) is -4.65. The SMILES string of the molecule is CS(=O)COC(CO[Si](C)(C)C(C)(C)C)CO[Si](C)(C)C(C)(C)C. The van der Waals surface area contributed by atoms with Gasteiger partial charge in [0.05, 0.1) is 13.2 Å². The molecule has 0 aliphatic rings. The predicted molar refractivity (Wildman–Crippen MR) is 110 cm³/mol. The van der Waals surface area contributed by atoms with E-state index in [-0.39, 0.29) is 22.1 Å². The minimum Gasteiger partial charge on any atom is -0.414 e. The van der Waals surface area contributed by atoms with Crippen molar-refractivity contribution >= 4 is 27.4 Å². The van der Waals surface area contributed by atoms with E-state index in [1.165, 1.54) is 0 Å². The molecule has 0 amide bonds. The molecule has 0 fully saturated rings. The van der Waals surface area contributed by atoms with Crippen LogP contribution in [0.25, 0.3) is 0 Å². The molecule has 1 atom stereocenters. The van der Waals surface area contributed by atoms with E-state index in [2.05, 4.69) is 67.7 Å². The second kappa shape index (κ2) is 8.91. The Labute approximate surface area is 154 Å². The molecule has 0 aromatic carbocycles. The summed E-state index contributed by atoms with van der Waals surface area (Å²) >= 11 is 0. The van der Waals surface area contributed by atoms with E-state index < -0.39 is 27.4 Å². The van der Waals surface area contributed by atoms with Crippen LogP contribution >= 0.6 is 0 Å². The van der Waals surface area contributed by atoms with E-state index in [0.717, 1.165) is 0 Å². The quantitative estimate of drug-likeness (QED) is 0.527. The first-order chi connectivity index (χ1) is 10.5. The maximum atomic E-state index is 11.4. The lowest BCUT2D eigenvalue weighted by molar-refractivity contribution is 0.00790. The second-order valence-electron chi connectivity index (χ2n) is 9.62. The monoisotopic (exact) mass is 396 g/mol. The summed E-state index contributed by atoms with van der Waals surface area (Å²) in [5, 5.41) is 0.316. The summed E-state index contributed by atoms with van der Waals surface area (Å²) in [6.07, 6.45) is 1.48. The Balaban J connectivity index is 4.85. The molecule has 146 valence electrons. The molecule has 0 saturated carbocycles. The molecule has 0 radical (unpaired) electrons. The highest BCUT2D eigenvalue weighted by molar-refractivity contribution is 7.84. The first-order valence-corrected chi connectivity index (χ1v) is 16.2. The summed E-state index contributed by atoms with van der Waals surface area (Å²) in [4.78, 5) is 0. The third-order valence-corrected chi connectivity index (χ3v) is 14.8. The molecule has 0 aliphatic heterocycles. The van der Waals surface area contributed by atoms with Crippen molar-refractivity contribution in [1.82, 2.24) is 0 Å². The van der Waals surface area contributed by atoms with Crippen molar-refractivity contribution < 1.29 is 17.8 Å². The average Bonchev–Trinajstić information content (AvgIpc) is 2.34. The zero-order chi connectivity index (χ0) is 19.4. The van der Waals surface area contributed by atoms with Gasteiger partial charge in [0.1, 0.15) is 12.0 Å². The standard InChI is InChI=1S/C17H40O4SSi2/c1-16(2,3)23(8,9)20-12-15(19-14-22(7)18)13-21-24(10,11)17(4,5)6/h15H,12-14H2,1-11H3. The summed E-state index contributed by atoms with van der Waals surface area (Å²) in [6, 6.07) is 0. The molecule has 0 aromatic rings. The van der Waals surface area contributed by atoms with E-state index >= 15 is 0 Å². The van der Waals surface area contributed by atoms with E-state index in [4.69, 9.17) is 13.6 Å². The van der Waals surface area contributed by atoms with E-state index in [1.54, 1.807) is 6.26 Å². The van der Waals surface area contributed by atoms with Gasteiger partial charge in [0, 0.05) is 17.1 Å². The van der Waals surface area contributed by atoms with Gasteiger partial charge < -0.3 is 13.6 Å². The van der Waals surface area contributed by atoms with Crippen LogP contribution in [0.2, 0.25) is 36.3 Å². The number of ether oxygens (including phenoxy) is 1. The summed E-state index contributed by atoms with van der Waals surface area (Å²) in [5.41, 5.74) is 0. The van der Waals surface area contributed by atoms with Crippen molar-refractivity contribution in [2.45, 2.75) is 83.9 Å². The molecular formula is C17H40O4SSi2. The fraction of sp³-hybridized carbons (Fsp3) is 1.00. The van der Waals surface area contributed by atoms with Gasteiger partial charge >= 0.3 is 0 Å². The lowest BCUT2D eigenvalue weighted by Gasteiger charge is -2.39. The number of hydrogen-bond donors (Lipinski definition) is 0. The molecule has 4 nitrogen and oxygen atoms in total. The molecule has 0 bridgehead atoms. The topological polar surface area (TPSA) is 44.8 Å². The van der Waals surface area contributed by atoms with Crippen molar-refractivity contribution in [1.29, 1.82) is 0 Å². The second-order valence-corrected chi connectivity index (χ2v) is 20.6. The highest BCUT2D eigenvalue weighted by atomic mass is 32.2. The molecule has 0 heterocycles. The molecule has 0 spiro atoms. The smallest absolute Gasteiger partial charge is 0.192 e. The van der Waals surface area contributed by atoms with Crippen LogP contribution in [0.4, 0.5) is 0 Å². The maximum Gasteiger partial charge on any atom is 0.192 e. The third-order valence-electron chi connectivity index (χ3n) is 5.34. The van der Waals surface area contributed by atoms with Crippen molar-refractivity contribution in [3.8, 4) is 0 Å². The Hall–Kier alpha value is 0.464. The largest absolute Gasteiger partial charge is 0.414 e. The highest BCUT2D eigenvalue weighted by Gasteiger charge is 2.39. The van der Waals surface area contributed by atoms with E-state index in [1.807, 2.05) is 0 Å². The molecule has 7 heteroatoms. The van der Waals surface area contributed by atoms with Crippen LogP contribution in [0.3, 0.4) is 0 Å². The maximum absolute atomic E-state index is 11.4. The number of rotatable bonds is 9. The van der Waals surface area contributed by atoms with Gasteiger partial charge in [-0.05, 0) is 36.3 Å². The van der Waals surface area contributed by atoms with Crippen LogP contribution in [-0.4, -0.2) is 52.4 Å². The van der Waals surface area contributed by atoms with Gasteiger partial charge in [0.15, 0.2) is 16.6 Å². The van der Waals surface area contributed by atoms with Gasteiger partial charge in [-0.2, -0.15) is 0 Å². The molecule has 0 N–H and O–H groups in total. The Morgan fingerprint density at radius 3 is 1.42 bits per heavy atom. The van der Waals surface area contributed by atoms with Gasteiger partial charge in [-0.15, -0.1) is 0 Å². The van der Waals surface area contributed by atoms with Gasteiger partial charge in [0.25, 0.3) is 0 Å². The van der Waals surface area contributed by atoms with Crippen molar-refractivity contribution in [2.24, 2.45) is 0 Å². The highest BCUT2D eigenvalue weighted by Crippen LogP contribution is 2.38. The van der Waals surface area contributed by atoms with E-state index in [0.29, 0.717) is 13.2 Å². The molecule has 0 rings (SSSR count). The van der Waals surface area contributed by atoms with Gasteiger partial charge in [-0.25, -0.2) is 0 Å². The third kappa shape index (κ3) is 8.23. The number of hydrogen-bond acceptors (Lipinski definition) is 4. The fourth-order valence-electron chi connectivity index (χ4n) is 1.37. The van der Waals surface area contributed by atoms with Crippen molar-refractivity contribution in [3.05, 3.63) is 0 Å². The molecule has 0 saturated heterocycles. The van der Waals surface area contributed by atoms with Crippen LogP contribution in [0.15, 0.2) is 0 Å². The van der Waals surface area contributed by atoms with Crippen LogP contribution < -0.4 is 0 Å². The first kappa shape index (κ1) is 24.5. The predicted octanol–water partition coefficient (Wildman–Crippen LogP) is 4.75. The van der Waals surface area contributed by atoms with Crippen molar-refractivity contribution in [3.63, 3.8) is 0 Å². The molecule has 1 unspecified atom stereocenters. The van der Waals surface area contributed by atoms with Crippen LogP contribution in [0, 0.1) is 0 Å². The molecular weight excluding hydrogens is 356 g/mol. The lowest BCUT2D eigenvalue weighted by atomic mass is 10.2. The normalized spacial score (nSPS) is 15.8. The van der Waals surface area contributed by atoms with Gasteiger partial charge in [-0.1, -0.05) is 41.5 Å². The zero-order valence-electron chi connectivity index (χ0n) is 17.7. The minimum atomic E-state index is -1.84.